The fraction of sp³-hybridized carbons (Fsp3) is 0.533. The summed E-state index contributed by atoms with van der Waals surface area (Å²) in [6.07, 6.45) is 4.45. The predicted octanol–water partition coefficient (Wildman–Crippen LogP) is 3.06. The molecule has 3 heteroatoms. The fourth-order valence-electron chi connectivity index (χ4n) is 2.51. The van der Waals surface area contributed by atoms with Crippen LogP contribution in [0.4, 0.5) is 0 Å². The lowest BCUT2D eigenvalue weighted by molar-refractivity contribution is -0.125. The van der Waals surface area contributed by atoms with E-state index in [1.165, 1.54) is 12.8 Å². The van der Waals surface area contributed by atoms with Gasteiger partial charge in [0.15, 0.2) is 0 Å². The van der Waals surface area contributed by atoms with Crippen molar-refractivity contribution in [3.8, 4) is 5.75 Å². The van der Waals surface area contributed by atoms with E-state index in [0.29, 0.717) is 0 Å². The maximum Gasteiger partial charge on any atom is 0.223 e. The second-order valence-corrected chi connectivity index (χ2v) is 4.99. The van der Waals surface area contributed by atoms with Crippen molar-refractivity contribution >= 4 is 5.91 Å². The molecule has 1 saturated carbocycles. The van der Waals surface area contributed by atoms with Crippen molar-refractivity contribution in [2.24, 2.45) is 5.92 Å². The van der Waals surface area contributed by atoms with Crippen LogP contribution in [0.15, 0.2) is 24.3 Å². The van der Waals surface area contributed by atoms with Crippen LogP contribution in [0.5, 0.6) is 5.75 Å². The summed E-state index contributed by atoms with van der Waals surface area (Å²) < 4.78 is 5.20. The van der Waals surface area contributed by atoms with Crippen LogP contribution in [-0.2, 0) is 4.79 Å². The fourth-order valence-corrected chi connectivity index (χ4v) is 2.51. The standard InChI is InChI=1S/C15H21NO2/c1-11(13-8-5-9-14(10-13)18-2)16-15(17)12-6-3-4-7-12/h5,8-12H,3-4,6-7H2,1-2H3,(H,16,17)/t11-/m1/s1. The zero-order valence-corrected chi connectivity index (χ0v) is 11.1. The number of carbonyl (C=O) groups excluding carboxylic acids is 1. The SMILES string of the molecule is COc1cccc([C@@H](C)NC(=O)C2CCCC2)c1. The van der Waals surface area contributed by atoms with E-state index in [1.807, 2.05) is 31.2 Å². The first-order valence-electron chi connectivity index (χ1n) is 6.65. The smallest absolute Gasteiger partial charge is 0.223 e. The van der Waals surface area contributed by atoms with Crippen LogP contribution in [0.3, 0.4) is 0 Å². The van der Waals surface area contributed by atoms with Gasteiger partial charge in [0.25, 0.3) is 0 Å². The Kier molecular flexibility index (Phi) is 4.24. The van der Waals surface area contributed by atoms with E-state index in [-0.39, 0.29) is 17.9 Å². The van der Waals surface area contributed by atoms with Crippen LogP contribution >= 0.6 is 0 Å². The van der Waals surface area contributed by atoms with Gasteiger partial charge >= 0.3 is 0 Å². The van der Waals surface area contributed by atoms with E-state index in [1.54, 1.807) is 7.11 Å². The number of benzene rings is 1. The highest BCUT2D eigenvalue weighted by Gasteiger charge is 2.23. The summed E-state index contributed by atoms with van der Waals surface area (Å²) in [5.74, 6) is 1.25. The molecule has 1 fully saturated rings. The van der Waals surface area contributed by atoms with Crippen LogP contribution < -0.4 is 10.1 Å². The lowest BCUT2D eigenvalue weighted by Crippen LogP contribution is -2.31. The van der Waals surface area contributed by atoms with E-state index in [4.69, 9.17) is 4.74 Å². The summed E-state index contributed by atoms with van der Waals surface area (Å²) in [7, 11) is 1.65. The third-order valence-corrected chi connectivity index (χ3v) is 3.68. The molecule has 1 amide bonds. The molecule has 98 valence electrons. The average molecular weight is 247 g/mol. The molecular formula is C15H21NO2. The van der Waals surface area contributed by atoms with Crippen molar-refractivity contribution in [1.29, 1.82) is 0 Å². The Morgan fingerprint density at radius 2 is 2.11 bits per heavy atom. The van der Waals surface area contributed by atoms with Gasteiger partial charge in [-0.2, -0.15) is 0 Å². The van der Waals surface area contributed by atoms with Gasteiger partial charge in [-0.3, -0.25) is 4.79 Å². The van der Waals surface area contributed by atoms with E-state index < -0.39 is 0 Å². The quantitative estimate of drug-likeness (QED) is 0.888. The van der Waals surface area contributed by atoms with E-state index in [0.717, 1.165) is 24.2 Å². The van der Waals surface area contributed by atoms with Gasteiger partial charge in [-0.25, -0.2) is 0 Å². The molecule has 0 heterocycles. The van der Waals surface area contributed by atoms with Crippen LogP contribution in [0.2, 0.25) is 0 Å². The molecule has 3 nitrogen and oxygen atoms in total. The first-order chi connectivity index (χ1) is 8.70. The monoisotopic (exact) mass is 247 g/mol. The summed E-state index contributed by atoms with van der Waals surface area (Å²) in [6.45, 7) is 2.02. The topological polar surface area (TPSA) is 38.3 Å². The first-order valence-corrected chi connectivity index (χ1v) is 6.65. The van der Waals surface area contributed by atoms with E-state index in [2.05, 4.69) is 5.32 Å². The highest BCUT2D eigenvalue weighted by Crippen LogP contribution is 2.26. The lowest BCUT2D eigenvalue weighted by atomic mass is 10.0. The first kappa shape index (κ1) is 12.9. The molecule has 1 aliphatic rings. The largest absolute Gasteiger partial charge is 0.497 e. The summed E-state index contributed by atoms with van der Waals surface area (Å²) in [6, 6.07) is 7.89. The molecule has 1 aromatic carbocycles. The number of hydrogen-bond donors (Lipinski definition) is 1. The molecule has 0 bridgehead atoms. The van der Waals surface area contributed by atoms with Crippen molar-refractivity contribution in [1.82, 2.24) is 5.32 Å². The molecule has 2 rings (SSSR count). The van der Waals surface area contributed by atoms with Crippen LogP contribution in [0, 0.1) is 5.92 Å². The number of carbonyl (C=O) groups is 1. The minimum absolute atomic E-state index is 0.0354. The molecule has 0 saturated heterocycles. The van der Waals surface area contributed by atoms with Crippen molar-refractivity contribution in [3.05, 3.63) is 29.8 Å². The summed E-state index contributed by atoms with van der Waals surface area (Å²) >= 11 is 0. The summed E-state index contributed by atoms with van der Waals surface area (Å²) in [4.78, 5) is 12.0. The minimum atomic E-state index is 0.0354. The molecule has 0 unspecified atom stereocenters. The summed E-state index contributed by atoms with van der Waals surface area (Å²) in [5.41, 5.74) is 1.08. The molecule has 1 aromatic rings. The van der Waals surface area contributed by atoms with Gasteiger partial charge in [0.05, 0.1) is 13.2 Å². The minimum Gasteiger partial charge on any atom is -0.497 e. The molecule has 0 aromatic heterocycles. The second-order valence-electron chi connectivity index (χ2n) is 4.99. The highest BCUT2D eigenvalue weighted by molar-refractivity contribution is 5.79. The number of rotatable bonds is 4. The van der Waals surface area contributed by atoms with Gasteiger partial charge in [0, 0.05) is 5.92 Å². The maximum absolute atomic E-state index is 12.0. The Hall–Kier alpha value is -1.51. The maximum atomic E-state index is 12.0. The van der Waals surface area contributed by atoms with Crippen LogP contribution in [0.1, 0.15) is 44.2 Å². The number of methoxy groups -OCH3 is 1. The molecule has 0 aliphatic heterocycles. The molecule has 1 N–H and O–H groups in total. The van der Waals surface area contributed by atoms with Gasteiger partial charge in [-0.05, 0) is 37.5 Å². The Balaban J connectivity index is 1.97. The molecule has 1 aliphatic carbocycles. The zero-order valence-electron chi connectivity index (χ0n) is 11.1. The van der Waals surface area contributed by atoms with Crippen LogP contribution in [0.25, 0.3) is 0 Å². The Morgan fingerprint density at radius 1 is 1.39 bits per heavy atom. The Labute approximate surface area is 109 Å². The summed E-state index contributed by atoms with van der Waals surface area (Å²) in [5, 5.41) is 3.09. The number of ether oxygens (including phenoxy) is 1. The Bertz CT molecular complexity index is 411. The predicted molar refractivity (Wildman–Crippen MR) is 71.5 cm³/mol. The number of amides is 1. The van der Waals surface area contributed by atoms with Crippen molar-refractivity contribution < 1.29 is 9.53 Å². The van der Waals surface area contributed by atoms with Crippen LogP contribution in [-0.4, -0.2) is 13.0 Å². The highest BCUT2D eigenvalue weighted by atomic mass is 16.5. The van der Waals surface area contributed by atoms with E-state index >= 15 is 0 Å². The van der Waals surface area contributed by atoms with Gasteiger partial charge in [-0.1, -0.05) is 25.0 Å². The molecular weight excluding hydrogens is 226 g/mol. The van der Waals surface area contributed by atoms with Gasteiger partial charge < -0.3 is 10.1 Å². The Morgan fingerprint density at radius 3 is 2.78 bits per heavy atom. The third kappa shape index (κ3) is 3.03. The molecule has 18 heavy (non-hydrogen) atoms. The number of hydrogen-bond acceptors (Lipinski definition) is 2. The molecule has 1 atom stereocenters. The van der Waals surface area contributed by atoms with Crippen molar-refractivity contribution in [2.75, 3.05) is 7.11 Å². The average Bonchev–Trinajstić information content (AvgIpc) is 2.92. The van der Waals surface area contributed by atoms with Gasteiger partial charge in [-0.15, -0.1) is 0 Å². The zero-order chi connectivity index (χ0) is 13.0. The third-order valence-electron chi connectivity index (χ3n) is 3.68. The lowest BCUT2D eigenvalue weighted by Gasteiger charge is -2.17. The number of nitrogens with one attached hydrogen (secondary N) is 1. The van der Waals surface area contributed by atoms with Crippen molar-refractivity contribution in [3.63, 3.8) is 0 Å². The normalized spacial score (nSPS) is 17.4. The van der Waals surface area contributed by atoms with Gasteiger partial charge in [0.1, 0.15) is 5.75 Å². The van der Waals surface area contributed by atoms with E-state index in [9.17, 15) is 4.79 Å². The molecule has 0 spiro atoms. The second kappa shape index (κ2) is 5.89. The van der Waals surface area contributed by atoms with Crippen molar-refractivity contribution in [2.45, 2.75) is 38.6 Å². The molecule has 0 radical (unpaired) electrons. The van der Waals surface area contributed by atoms with Gasteiger partial charge in [0.2, 0.25) is 5.91 Å².